The minimum Gasteiger partial charge on any atom is -0.302 e. The van der Waals surface area contributed by atoms with Gasteiger partial charge >= 0.3 is 0 Å². The van der Waals surface area contributed by atoms with Crippen LogP contribution in [0, 0.1) is 6.92 Å². The van der Waals surface area contributed by atoms with Gasteiger partial charge in [-0.25, -0.2) is 0 Å². The molecule has 6 heteroatoms. The summed E-state index contributed by atoms with van der Waals surface area (Å²) in [7, 11) is 0. The molecule has 20 heavy (non-hydrogen) atoms. The van der Waals surface area contributed by atoms with Crippen molar-refractivity contribution in [2.24, 2.45) is 0 Å². The second-order valence-electron chi connectivity index (χ2n) is 4.15. The Bertz CT molecular complexity index is 622. The van der Waals surface area contributed by atoms with Crippen LogP contribution in [0.5, 0.6) is 0 Å². The highest BCUT2D eigenvalue weighted by Gasteiger charge is 2.12. The first-order valence-corrected chi connectivity index (χ1v) is 7.40. The van der Waals surface area contributed by atoms with Crippen LogP contribution in [0.1, 0.15) is 16.2 Å². The lowest BCUT2D eigenvalue weighted by atomic mass is 10.1. The number of hydrogen-bond acceptors (Lipinski definition) is 4. The van der Waals surface area contributed by atoms with Gasteiger partial charge < -0.3 is 4.57 Å². The van der Waals surface area contributed by atoms with Crippen LogP contribution in [-0.2, 0) is 6.54 Å². The van der Waals surface area contributed by atoms with E-state index < -0.39 is 0 Å². The third-order valence-electron chi connectivity index (χ3n) is 2.71. The van der Waals surface area contributed by atoms with Crippen LogP contribution in [0.2, 0.25) is 5.02 Å². The zero-order valence-corrected chi connectivity index (χ0v) is 12.6. The Hall–Kier alpha value is -1.59. The average molecular weight is 308 g/mol. The molecule has 0 N–H and O–H groups in total. The highest BCUT2D eigenvalue weighted by molar-refractivity contribution is 7.99. The Balaban J connectivity index is 2.03. The van der Waals surface area contributed by atoms with E-state index >= 15 is 0 Å². The number of rotatable bonds is 6. The highest BCUT2D eigenvalue weighted by atomic mass is 35.5. The zero-order chi connectivity index (χ0) is 14.5. The van der Waals surface area contributed by atoms with Crippen molar-refractivity contribution in [1.82, 2.24) is 14.8 Å². The molecule has 1 heterocycles. The maximum atomic E-state index is 12.1. The molecule has 0 radical (unpaired) electrons. The average Bonchev–Trinajstić information content (AvgIpc) is 2.79. The fraction of sp³-hybridized carbons (Fsp3) is 0.214. The van der Waals surface area contributed by atoms with Crippen molar-refractivity contribution in [2.45, 2.75) is 18.6 Å². The van der Waals surface area contributed by atoms with Gasteiger partial charge in [0.2, 0.25) is 0 Å². The van der Waals surface area contributed by atoms with Gasteiger partial charge in [-0.1, -0.05) is 29.4 Å². The van der Waals surface area contributed by atoms with Gasteiger partial charge in [0.05, 0.1) is 5.75 Å². The minimum absolute atomic E-state index is 0.0393. The highest BCUT2D eigenvalue weighted by Crippen LogP contribution is 2.19. The summed E-state index contributed by atoms with van der Waals surface area (Å²) in [5.41, 5.74) is 0.647. The molecule has 1 aromatic heterocycles. The topological polar surface area (TPSA) is 47.8 Å². The van der Waals surface area contributed by atoms with Crippen LogP contribution in [-0.4, -0.2) is 26.3 Å². The largest absolute Gasteiger partial charge is 0.302 e. The van der Waals surface area contributed by atoms with E-state index in [9.17, 15) is 4.79 Å². The number of benzene rings is 1. The molecule has 0 bridgehead atoms. The Morgan fingerprint density at radius 3 is 2.75 bits per heavy atom. The van der Waals surface area contributed by atoms with E-state index in [1.54, 1.807) is 30.3 Å². The van der Waals surface area contributed by atoms with Gasteiger partial charge in [0.15, 0.2) is 10.9 Å². The summed E-state index contributed by atoms with van der Waals surface area (Å²) < 4.78 is 1.92. The number of hydrogen-bond donors (Lipinski definition) is 0. The summed E-state index contributed by atoms with van der Waals surface area (Å²) in [5, 5.41) is 9.43. The number of allylic oxidation sites excluding steroid dienone is 1. The van der Waals surface area contributed by atoms with Crippen molar-refractivity contribution in [2.75, 3.05) is 5.75 Å². The Labute approximate surface area is 126 Å². The smallest absolute Gasteiger partial charge is 0.191 e. The van der Waals surface area contributed by atoms with Crippen molar-refractivity contribution in [3.8, 4) is 0 Å². The molecule has 0 aliphatic rings. The minimum atomic E-state index is 0.0393. The van der Waals surface area contributed by atoms with Crippen molar-refractivity contribution >= 4 is 29.1 Å². The van der Waals surface area contributed by atoms with Crippen LogP contribution >= 0.6 is 23.4 Å². The van der Waals surface area contributed by atoms with Crippen LogP contribution in [0.25, 0.3) is 0 Å². The van der Waals surface area contributed by atoms with Gasteiger partial charge in [-0.15, -0.1) is 16.8 Å². The number of ketones is 1. The monoisotopic (exact) mass is 307 g/mol. The molecule has 0 spiro atoms. The molecule has 0 saturated heterocycles. The van der Waals surface area contributed by atoms with Crippen molar-refractivity contribution in [1.29, 1.82) is 0 Å². The first-order chi connectivity index (χ1) is 9.61. The number of nitrogens with zero attached hydrogens (tertiary/aromatic N) is 3. The summed E-state index contributed by atoms with van der Waals surface area (Å²) >= 11 is 7.17. The number of Topliss-reactive ketones (excluding diaryl/α,β-unsaturated/α-hetero) is 1. The fourth-order valence-corrected chi connectivity index (χ4v) is 2.67. The van der Waals surface area contributed by atoms with E-state index in [0.29, 0.717) is 22.9 Å². The molecule has 0 amide bonds. The Kier molecular flexibility index (Phi) is 4.98. The number of carbonyl (C=O) groups is 1. The number of aryl methyl sites for hydroxylation is 1. The Morgan fingerprint density at radius 1 is 1.40 bits per heavy atom. The quantitative estimate of drug-likeness (QED) is 0.466. The van der Waals surface area contributed by atoms with E-state index in [1.807, 2.05) is 11.5 Å². The van der Waals surface area contributed by atoms with Gasteiger partial charge in [-0.3, -0.25) is 4.79 Å². The molecule has 0 aliphatic heterocycles. The predicted octanol–water partition coefficient (Wildman–Crippen LogP) is 3.40. The van der Waals surface area contributed by atoms with Crippen LogP contribution in [0.15, 0.2) is 42.1 Å². The molecule has 0 fully saturated rings. The molecular formula is C14H14ClN3OS. The zero-order valence-electron chi connectivity index (χ0n) is 11.0. The molecule has 2 aromatic rings. The maximum absolute atomic E-state index is 12.1. The lowest BCUT2D eigenvalue weighted by molar-refractivity contribution is 0.102. The molecule has 2 rings (SSSR count). The second-order valence-corrected chi connectivity index (χ2v) is 5.53. The van der Waals surface area contributed by atoms with E-state index in [0.717, 1.165) is 11.0 Å². The van der Waals surface area contributed by atoms with E-state index in [4.69, 9.17) is 11.6 Å². The summed E-state index contributed by atoms with van der Waals surface area (Å²) in [6.07, 6.45) is 1.78. The van der Waals surface area contributed by atoms with Gasteiger partial charge in [0.1, 0.15) is 5.82 Å². The molecule has 104 valence electrons. The molecule has 4 nitrogen and oxygen atoms in total. The number of halogens is 1. The van der Waals surface area contributed by atoms with Gasteiger partial charge in [-0.05, 0) is 31.2 Å². The van der Waals surface area contributed by atoms with Gasteiger partial charge in [0.25, 0.3) is 0 Å². The summed E-state index contributed by atoms with van der Waals surface area (Å²) in [5.74, 6) is 1.17. The third-order valence-corrected chi connectivity index (χ3v) is 3.93. The number of carbonyl (C=O) groups excluding carboxylic acids is 1. The molecular weight excluding hydrogens is 294 g/mol. The number of thioether (sulfide) groups is 1. The predicted molar refractivity (Wildman–Crippen MR) is 81.5 cm³/mol. The van der Waals surface area contributed by atoms with Crippen molar-refractivity contribution in [3.05, 3.63) is 53.3 Å². The number of aromatic nitrogens is 3. The maximum Gasteiger partial charge on any atom is 0.191 e. The van der Waals surface area contributed by atoms with E-state index in [-0.39, 0.29) is 5.78 Å². The molecule has 1 aromatic carbocycles. The van der Waals surface area contributed by atoms with E-state index in [1.165, 1.54) is 11.8 Å². The molecule has 0 atom stereocenters. The first-order valence-electron chi connectivity index (χ1n) is 6.04. The van der Waals surface area contributed by atoms with Crippen LogP contribution in [0.3, 0.4) is 0 Å². The fourth-order valence-electron chi connectivity index (χ4n) is 1.66. The normalized spacial score (nSPS) is 10.5. The lowest BCUT2D eigenvalue weighted by Gasteiger charge is -2.05. The van der Waals surface area contributed by atoms with Crippen LogP contribution in [0.4, 0.5) is 0 Å². The molecule has 0 unspecified atom stereocenters. The van der Waals surface area contributed by atoms with E-state index in [2.05, 4.69) is 16.8 Å². The van der Waals surface area contributed by atoms with Crippen molar-refractivity contribution in [3.63, 3.8) is 0 Å². The lowest BCUT2D eigenvalue weighted by Crippen LogP contribution is -2.05. The van der Waals surface area contributed by atoms with Gasteiger partial charge in [0, 0.05) is 17.1 Å². The van der Waals surface area contributed by atoms with Crippen LogP contribution < -0.4 is 0 Å². The molecule has 0 saturated carbocycles. The van der Waals surface area contributed by atoms with Crippen molar-refractivity contribution < 1.29 is 4.79 Å². The third kappa shape index (κ3) is 3.49. The standard InChI is InChI=1S/C14H14ClN3OS/c1-3-8-18-10(2)16-17-14(18)20-9-13(19)11-4-6-12(15)7-5-11/h3-7H,1,8-9H2,2H3. The SMILES string of the molecule is C=CCn1c(C)nnc1SCC(=O)c1ccc(Cl)cc1. The molecule has 0 aliphatic carbocycles. The summed E-state index contributed by atoms with van der Waals surface area (Å²) in [6, 6.07) is 6.88. The second kappa shape index (κ2) is 6.72. The summed E-state index contributed by atoms with van der Waals surface area (Å²) in [4.78, 5) is 12.1. The van der Waals surface area contributed by atoms with Gasteiger partial charge in [-0.2, -0.15) is 0 Å². The Morgan fingerprint density at radius 2 is 2.10 bits per heavy atom. The first kappa shape index (κ1) is 14.8. The summed E-state index contributed by atoms with van der Waals surface area (Å²) in [6.45, 7) is 6.22.